The van der Waals surface area contributed by atoms with Crippen molar-refractivity contribution in [1.82, 2.24) is 40.3 Å². The predicted molar refractivity (Wildman–Crippen MR) is 224 cm³/mol. The Bertz CT molecular complexity index is 2410. The van der Waals surface area contributed by atoms with E-state index in [1.807, 2.05) is 52.9 Å². The molecule has 4 aromatic rings. The lowest BCUT2D eigenvalue weighted by atomic mass is 9.99. The lowest BCUT2D eigenvalue weighted by Crippen LogP contribution is -2.55. The number of carbonyl (C=O) groups is 5. The standard InChI is InChI=1S/C42H45ClN10O5S/c1-23-25(3)59-42-35(23)37(27-11-13-28(43)14-12-27)46-36(38-48-47-26(4)53(38)42)24(2)40(57)50-18-20-51(21-19-50)49-34(55)10-5-6-17-44-31-9-7-8-29-30(31)22-52(41(29)58)32-15-16-33(54)45-39(32)56/h7-9,11-14,32,36,44H,2,5-6,10,15-22H2,1,3-4H3,(H,49,55)(H,45,54,56)/t32?,36-/m0/s1. The monoisotopic (exact) mass is 836 g/mol. The molecule has 2 saturated heterocycles. The molecule has 0 saturated carbocycles. The number of hydrogen-bond acceptors (Lipinski definition) is 11. The SMILES string of the molecule is C=C(C(=O)N1CCN(NC(=O)CCCCNc2cccc3c2CN(C2CCC(=O)NC2=O)C3=O)CC1)[C@@H]1N=C(c2ccc(Cl)cc2)c2c(sc(C)c2C)-n2c(C)nnc21. The zero-order valence-corrected chi connectivity index (χ0v) is 34.7. The molecule has 15 nitrogen and oxygen atoms in total. The summed E-state index contributed by atoms with van der Waals surface area (Å²) in [5.74, 6) is -0.0751. The third-order valence-electron chi connectivity index (χ3n) is 11.5. The average Bonchev–Trinajstić information content (AvgIpc) is 3.83. The van der Waals surface area contributed by atoms with Crippen molar-refractivity contribution >= 4 is 63.9 Å². The third-order valence-corrected chi connectivity index (χ3v) is 12.9. The highest BCUT2D eigenvalue weighted by molar-refractivity contribution is 7.15. The Hall–Kier alpha value is -5.71. The van der Waals surface area contributed by atoms with Crippen molar-refractivity contribution in [3.8, 4) is 5.00 Å². The molecule has 8 rings (SSSR count). The maximum absolute atomic E-state index is 14.1. The first-order valence-electron chi connectivity index (χ1n) is 19.8. The Morgan fingerprint density at radius 2 is 1.76 bits per heavy atom. The van der Waals surface area contributed by atoms with Gasteiger partial charge in [0.05, 0.1) is 5.71 Å². The van der Waals surface area contributed by atoms with E-state index in [9.17, 15) is 24.0 Å². The fourth-order valence-electron chi connectivity index (χ4n) is 8.12. The van der Waals surface area contributed by atoms with Crippen molar-refractivity contribution in [3.05, 3.63) is 104 Å². The van der Waals surface area contributed by atoms with Crippen LogP contribution in [0.5, 0.6) is 0 Å². The van der Waals surface area contributed by atoms with Gasteiger partial charge in [-0.2, -0.15) is 0 Å². The second-order valence-electron chi connectivity index (χ2n) is 15.2. The molecule has 0 aliphatic carbocycles. The second kappa shape index (κ2) is 16.5. The summed E-state index contributed by atoms with van der Waals surface area (Å²) < 4.78 is 1.99. The van der Waals surface area contributed by atoms with Crippen molar-refractivity contribution in [2.75, 3.05) is 38.0 Å². The van der Waals surface area contributed by atoms with Crippen LogP contribution in [0.2, 0.25) is 5.02 Å². The quantitative estimate of drug-likeness (QED) is 0.111. The number of unbranched alkanes of at least 4 members (excludes halogenated alkanes) is 1. The molecule has 0 bridgehead atoms. The first-order valence-corrected chi connectivity index (χ1v) is 21.0. The van der Waals surface area contributed by atoms with E-state index in [4.69, 9.17) is 16.6 Å². The summed E-state index contributed by atoms with van der Waals surface area (Å²) in [6.45, 7) is 12.9. The number of thiophene rings is 1. The summed E-state index contributed by atoms with van der Waals surface area (Å²) in [5, 5.41) is 18.1. The molecule has 4 aliphatic heterocycles. The molecule has 2 atom stereocenters. The summed E-state index contributed by atoms with van der Waals surface area (Å²) in [4.78, 5) is 73.9. The Morgan fingerprint density at radius 1 is 1.00 bits per heavy atom. The van der Waals surface area contributed by atoms with Crippen molar-refractivity contribution in [1.29, 1.82) is 0 Å². The number of fused-ring (bicyclic) bond motifs is 4. The maximum Gasteiger partial charge on any atom is 0.255 e. The lowest BCUT2D eigenvalue weighted by molar-refractivity contribution is -0.137. The molecule has 5 amide bonds. The van der Waals surface area contributed by atoms with Crippen molar-refractivity contribution < 1.29 is 24.0 Å². The normalized spacial score (nSPS) is 19.1. The van der Waals surface area contributed by atoms with E-state index in [0.29, 0.717) is 79.8 Å². The highest BCUT2D eigenvalue weighted by Gasteiger charge is 2.40. The van der Waals surface area contributed by atoms with Crippen LogP contribution in [-0.4, -0.2) is 104 Å². The van der Waals surface area contributed by atoms with E-state index < -0.39 is 18.0 Å². The first-order chi connectivity index (χ1) is 28.4. The summed E-state index contributed by atoms with van der Waals surface area (Å²) in [5.41, 5.74) is 9.16. The number of carbonyl (C=O) groups excluding carboxylic acids is 5. The fourth-order valence-corrected chi connectivity index (χ4v) is 9.46. The number of halogens is 1. The molecule has 6 heterocycles. The van der Waals surface area contributed by atoms with Gasteiger partial charge in [-0.15, -0.1) is 21.5 Å². The zero-order valence-electron chi connectivity index (χ0n) is 33.1. The molecule has 306 valence electrons. The van der Waals surface area contributed by atoms with Gasteiger partial charge in [0.15, 0.2) is 5.82 Å². The van der Waals surface area contributed by atoms with Gasteiger partial charge in [0, 0.05) is 95.5 Å². The molecule has 2 aromatic heterocycles. The molecule has 1 unspecified atom stereocenters. The number of hydrogen-bond donors (Lipinski definition) is 3. The van der Waals surface area contributed by atoms with Crippen LogP contribution in [0, 0.1) is 20.8 Å². The topological polar surface area (TPSA) is 174 Å². The van der Waals surface area contributed by atoms with E-state index in [1.165, 1.54) is 4.90 Å². The van der Waals surface area contributed by atoms with Gasteiger partial charge in [0.25, 0.3) is 11.8 Å². The Balaban J connectivity index is 0.835. The Morgan fingerprint density at radius 3 is 2.51 bits per heavy atom. The number of hydrazine groups is 1. The van der Waals surface area contributed by atoms with Crippen LogP contribution in [0.1, 0.15) is 87.3 Å². The minimum Gasteiger partial charge on any atom is -0.385 e. The third kappa shape index (κ3) is 7.79. The van der Waals surface area contributed by atoms with Gasteiger partial charge in [-0.1, -0.05) is 36.4 Å². The number of aromatic nitrogens is 3. The van der Waals surface area contributed by atoms with E-state index >= 15 is 0 Å². The average molecular weight is 837 g/mol. The molecule has 0 spiro atoms. The Kier molecular flexibility index (Phi) is 11.2. The van der Waals surface area contributed by atoms with Gasteiger partial charge in [-0.25, -0.2) is 5.01 Å². The second-order valence-corrected chi connectivity index (χ2v) is 16.9. The van der Waals surface area contributed by atoms with Crippen LogP contribution in [0.15, 0.2) is 59.6 Å². The predicted octanol–water partition coefficient (Wildman–Crippen LogP) is 4.57. The lowest BCUT2D eigenvalue weighted by Gasteiger charge is -2.35. The smallest absolute Gasteiger partial charge is 0.255 e. The number of piperidine rings is 1. The summed E-state index contributed by atoms with van der Waals surface area (Å²) >= 11 is 7.90. The van der Waals surface area contributed by atoms with Gasteiger partial charge in [-0.05, 0) is 69.9 Å². The summed E-state index contributed by atoms with van der Waals surface area (Å²) in [7, 11) is 0. The minimum atomic E-state index is -0.779. The number of aryl methyl sites for hydroxylation is 2. The number of imide groups is 1. The van der Waals surface area contributed by atoms with Crippen LogP contribution in [0.25, 0.3) is 5.00 Å². The largest absolute Gasteiger partial charge is 0.385 e. The summed E-state index contributed by atoms with van der Waals surface area (Å²) in [6, 6.07) is 11.5. The number of nitrogens with one attached hydrogen (secondary N) is 3. The fraction of sp³-hybridized carbons (Fsp3) is 0.381. The van der Waals surface area contributed by atoms with Crippen molar-refractivity contribution in [3.63, 3.8) is 0 Å². The number of nitrogens with zero attached hydrogens (tertiary/aromatic N) is 7. The number of anilines is 1. The van der Waals surface area contributed by atoms with Gasteiger partial charge in [0.2, 0.25) is 17.7 Å². The molecular formula is C42H45ClN10O5S. The van der Waals surface area contributed by atoms with Gasteiger partial charge in [0.1, 0.15) is 22.9 Å². The highest BCUT2D eigenvalue weighted by atomic mass is 35.5. The number of piperazine rings is 1. The highest BCUT2D eigenvalue weighted by Crippen LogP contribution is 2.41. The molecule has 2 aromatic carbocycles. The molecule has 4 aliphatic rings. The maximum atomic E-state index is 14.1. The molecule has 0 radical (unpaired) electrons. The Labute approximate surface area is 350 Å². The number of aliphatic imine (C=N–C) groups is 1. The van der Waals surface area contributed by atoms with Crippen LogP contribution in [0.4, 0.5) is 5.69 Å². The summed E-state index contributed by atoms with van der Waals surface area (Å²) in [6.07, 6.45) is 2.20. The van der Waals surface area contributed by atoms with Crippen LogP contribution >= 0.6 is 22.9 Å². The number of rotatable bonds is 11. The molecule has 3 N–H and O–H groups in total. The van der Waals surface area contributed by atoms with Crippen molar-refractivity contribution in [2.24, 2.45) is 4.99 Å². The van der Waals surface area contributed by atoms with E-state index in [1.54, 1.807) is 22.3 Å². The van der Waals surface area contributed by atoms with Crippen LogP contribution in [0.3, 0.4) is 0 Å². The number of benzene rings is 2. The first kappa shape index (κ1) is 40.1. The molecule has 59 heavy (non-hydrogen) atoms. The molecule has 2 fully saturated rings. The van der Waals surface area contributed by atoms with E-state index in [0.717, 1.165) is 50.0 Å². The molecule has 17 heteroatoms. The zero-order chi connectivity index (χ0) is 41.5. The van der Waals surface area contributed by atoms with E-state index in [2.05, 4.69) is 46.7 Å². The van der Waals surface area contributed by atoms with Gasteiger partial charge in [-0.3, -0.25) is 44.3 Å². The van der Waals surface area contributed by atoms with Crippen LogP contribution in [-0.2, 0) is 25.7 Å². The van der Waals surface area contributed by atoms with Gasteiger partial charge < -0.3 is 15.1 Å². The van der Waals surface area contributed by atoms with E-state index in [-0.39, 0.29) is 36.6 Å². The van der Waals surface area contributed by atoms with Crippen molar-refractivity contribution in [2.45, 2.75) is 71.5 Å². The minimum absolute atomic E-state index is 0.101. The van der Waals surface area contributed by atoms with Gasteiger partial charge >= 0.3 is 0 Å². The van der Waals surface area contributed by atoms with Crippen LogP contribution < -0.4 is 16.1 Å². The molecular weight excluding hydrogens is 792 g/mol. The number of amides is 5.